The van der Waals surface area contributed by atoms with E-state index in [0.29, 0.717) is 42.1 Å². The number of nitrogens with zero attached hydrogens (tertiary/aromatic N) is 4. The molecular weight excluding hydrogens is 422 g/mol. The van der Waals surface area contributed by atoms with Gasteiger partial charge in [0.25, 0.3) is 11.5 Å². The third-order valence-electron chi connectivity index (χ3n) is 6.68. The summed E-state index contributed by atoms with van der Waals surface area (Å²) in [5, 5.41) is 5.92. The minimum absolute atomic E-state index is 0.0970. The fourth-order valence-electron chi connectivity index (χ4n) is 4.95. The van der Waals surface area contributed by atoms with E-state index in [4.69, 9.17) is 9.47 Å². The summed E-state index contributed by atoms with van der Waals surface area (Å²) >= 11 is 0. The number of aromatic amines is 1. The second-order valence-corrected chi connectivity index (χ2v) is 8.60. The van der Waals surface area contributed by atoms with Gasteiger partial charge in [-0.05, 0) is 43.0 Å². The number of H-pyrrole nitrogens is 1. The molecule has 1 amide bonds. The lowest BCUT2D eigenvalue weighted by molar-refractivity contribution is 0.0989. The molecule has 4 aromatic rings. The predicted octanol–water partition coefficient (Wildman–Crippen LogP) is 2.75. The van der Waals surface area contributed by atoms with E-state index in [9.17, 15) is 9.59 Å². The first-order chi connectivity index (χ1) is 16.0. The molecule has 0 bridgehead atoms. The van der Waals surface area contributed by atoms with Crippen LogP contribution in [0.2, 0.25) is 0 Å². The van der Waals surface area contributed by atoms with Gasteiger partial charge in [-0.3, -0.25) is 14.3 Å². The van der Waals surface area contributed by atoms with Crippen molar-refractivity contribution in [3.05, 3.63) is 57.6 Å². The molecule has 2 aliphatic rings. The van der Waals surface area contributed by atoms with Crippen LogP contribution >= 0.6 is 0 Å². The third-order valence-corrected chi connectivity index (χ3v) is 6.68. The summed E-state index contributed by atoms with van der Waals surface area (Å²) in [6.45, 7) is 3.76. The van der Waals surface area contributed by atoms with Crippen molar-refractivity contribution in [2.24, 2.45) is 0 Å². The van der Waals surface area contributed by atoms with Gasteiger partial charge in [0.15, 0.2) is 0 Å². The Kier molecular flexibility index (Phi) is 4.48. The minimum atomic E-state index is -0.215. The Balaban J connectivity index is 1.47. The normalized spacial score (nSPS) is 17.8. The van der Waals surface area contributed by atoms with E-state index >= 15 is 0 Å². The maximum atomic E-state index is 13.5. The van der Waals surface area contributed by atoms with Gasteiger partial charge in [-0.25, -0.2) is 4.98 Å². The van der Waals surface area contributed by atoms with Crippen LogP contribution in [0.25, 0.3) is 21.8 Å². The van der Waals surface area contributed by atoms with E-state index in [1.54, 1.807) is 30.5 Å². The maximum absolute atomic E-state index is 13.5. The molecule has 0 saturated carbocycles. The van der Waals surface area contributed by atoms with Crippen molar-refractivity contribution in [2.45, 2.75) is 25.8 Å². The number of fused-ring (bicyclic) bond motifs is 4. The highest BCUT2D eigenvalue weighted by molar-refractivity contribution is 6.12. The van der Waals surface area contributed by atoms with Crippen LogP contribution < -0.4 is 15.2 Å². The fraction of sp³-hybridized carbons (Fsp3) is 0.333. The molecule has 9 heteroatoms. The lowest BCUT2D eigenvalue weighted by Gasteiger charge is -2.19. The van der Waals surface area contributed by atoms with E-state index in [1.807, 2.05) is 23.7 Å². The quantitative estimate of drug-likeness (QED) is 0.520. The number of benzene rings is 1. The van der Waals surface area contributed by atoms with Gasteiger partial charge in [-0.15, -0.1) is 0 Å². The predicted molar refractivity (Wildman–Crippen MR) is 123 cm³/mol. The first-order valence-corrected chi connectivity index (χ1v) is 11.0. The molecular formula is C24H23N5O4. The zero-order valence-electron chi connectivity index (χ0n) is 18.4. The van der Waals surface area contributed by atoms with Crippen LogP contribution in [-0.2, 0) is 11.2 Å². The lowest BCUT2D eigenvalue weighted by Crippen LogP contribution is -2.29. The zero-order valence-corrected chi connectivity index (χ0v) is 18.4. The number of rotatable bonds is 3. The fourth-order valence-corrected chi connectivity index (χ4v) is 4.95. The first-order valence-electron chi connectivity index (χ1n) is 11.0. The number of nitrogens with one attached hydrogen (secondary N) is 1. The molecule has 1 saturated heterocycles. The Morgan fingerprint density at radius 2 is 2.12 bits per heavy atom. The van der Waals surface area contributed by atoms with Crippen LogP contribution in [0.1, 0.15) is 33.9 Å². The summed E-state index contributed by atoms with van der Waals surface area (Å²) in [6.07, 6.45) is 4.90. The molecule has 168 valence electrons. The van der Waals surface area contributed by atoms with Gasteiger partial charge in [-0.2, -0.15) is 5.10 Å². The van der Waals surface area contributed by atoms with Crippen molar-refractivity contribution >= 4 is 33.4 Å². The summed E-state index contributed by atoms with van der Waals surface area (Å²) in [5.74, 6) is 0.426. The van der Waals surface area contributed by atoms with Gasteiger partial charge >= 0.3 is 0 Å². The highest BCUT2D eigenvalue weighted by Gasteiger charge is 2.28. The molecule has 0 aliphatic carbocycles. The zero-order chi connectivity index (χ0) is 22.7. The summed E-state index contributed by atoms with van der Waals surface area (Å²) in [7, 11) is 1.58. The van der Waals surface area contributed by atoms with Crippen LogP contribution in [0.15, 0.2) is 35.4 Å². The van der Waals surface area contributed by atoms with Crippen LogP contribution in [-0.4, -0.2) is 52.5 Å². The van der Waals surface area contributed by atoms with Crippen molar-refractivity contribution in [1.29, 1.82) is 0 Å². The molecule has 1 unspecified atom stereocenters. The standard InChI is InChI=1S/C24H23N5O4/c1-13-7-17-19(27-23(30)18-10-26-29(22(17)18)15-4-6-33-12-15)9-16(13)24(31)28-5-3-14-8-21(32-2)25-11-20(14)28/h7-11,15H,3-6,12H2,1-2H3,(H,27,30). The maximum Gasteiger partial charge on any atom is 0.259 e. The number of pyridine rings is 2. The average molecular weight is 445 g/mol. The lowest BCUT2D eigenvalue weighted by atomic mass is 10.0. The number of hydrogen-bond donors (Lipinski definition) is 1. The third kappa shape index (κ3) is 3.03. The smallest absolute Gasteiger partial charge is 0.259 e. The van der Waals surface area contributed by atoms with Crippen molar-refractivity contribution in [1.82, 2.24) is 19.7 Å². The van der Waals surface area contributed by atoms with Crippen molar-refractivity contribution in [3.8, 4) is 5.88 Å². The molecule has 1 N–H and O–H groups in total. The summed E-state index contributed by atoms with van der Waals surface area (Å²) in [5.41, 5.74) is 4.41. The SMILES string of the molecule is COc1cc2c(cn1)N(C(=O)c1cc3[nH]c(=O)c4cnn(C5CCOC5)c4c3cc1C)CC2. The molecule has 1 atom stereocenters. The molecule has 0 radical (unpaired) electrons. The number of carbonyl (C=O) groups excluding carboxylic acids is 1. The van der Waals surface area contributed by atoms with Crippen molar-refractivity contribution in [3.63, 3.8) is 0 Å². The topological polar surface area (TPSA) is 102 Å². The van der Waals surface area contributed by atoms with Crippen molar-refractivity contribution in [2.75, 3.05) is 31.8 Å². The van der Waals surface area contributed by atoms with Crippen LogP contribution in [0.3, 0.4) is 0 Å². The number of carbonyl (C=O) groups is 1. The molecule has 1 aromatic carbocycles. The summed E-state index contributed by atoms with van der Waals surface area (Å²) in [4.78, 5) is 35.3. The molecule has 6 rings (SSSR count). The van der Waals surface area contributed by atoms with Crippen LogP contribution in [0, 0.1) is 6.92 Å². The number of methoxy groups -OCH3 is 1. The monoisotopic (exact) mass is 445 g/mol. The average Bonchev–Trinajstić information content (AvgIpc) is 3.57. The molecule has 33 heavy (non-hydrogen) atoms. The Bertz CT molecular complexity index is 1480. The van der Waals surface area contributed by atoms with Gasteiger partial charge in [-0.1, -0.05) is 0 Å². The highest BCUT2D eigenvalue weighted by Crippen LogP contribution is 2.33. The molecule has 5 heterocycles. The van der Waals surface area contributed by atoms with Crippen molar-refractivity contribution < 1.29 is 14.3 Å². The number of hydrogen-bond acceptors (Lipinski definition) is 6. The second kappa shape index (κ2) is 7.41. The van der Waals surface area contributed by atoms with Gasteiger partial charge in [0.2, 0.25) is 5.88 Å². The van der Waals surface area contributed by atoms with Gasteiger partial charge < -0.3 is 19.4 Å². The van der Waals surface area contributed by atoms with Crippen LogP contribution in [0.4, 0.5) is 5.69 Å². The Hall–Kier alpha value is -3.72. The number of aromatic nitrogens is 4. The molecule has 1 fully saturated rings. The second-order valence-electron chi connectivity index (χ2n) is 8.60. The number of aryl methyl sites for hydroxylation is 1. The first kappa shape index (κ1) is 19.9. The van der Waals surface area contributed by atoms with E-state index in [2.05, 4.69) is 15.1 Å². The Labute approximate surface area is 188 Å². The summed E-state index contributed by atoms with van der Waals surface area (Å²) in [6, 6.07) is 5.72. The molecule has 3 aromatic heterocycles. The van der Waals surface area contributed by atoms with Gasteiger partial charge in [0.1, 0.15) is 0 Å². The summed E-state index contributed by atoms with van der Waals surface area (Å²) < 4.78 is 12.6. The van der Waals surface area contributed by atoms with Gasteiger partial charge in [0.05, 0.1) is 54.3 Å². The number of anilines is 1. The molecule has 0 spiro atoms. The van der Waals surface area contributed by atoms with E-state index < -0.39 is 0 Å². The van der Waals surface area contributed by atoms with E-state index in [1.165, 1.54) is 0 Å². The Morgan fingerprint density at radius 3 is 2.91 bits per heavy atom. The number of amides is 1. The largest absolute Gasteiger partial charge is 0.481 e. The van der Waals surface area contributed by atoms with E-state index in [0.717, 1.165) is 40.6 Å². The molecule has 2 aliphatic heterocycles. The van der Waals surface area contributed by atoms with E-state index in [-0.39, 0.29) is 17.5 Å². The molecule has 9 nitrogen and oxygen atoms in total. The highest BCUT2D eigenvalue weighted by atomic mass is 16.5. The Morgan fingerprint density at radius 1 is 1.24 bits per heavy atom. The van der Waals surface area contributed by atoms with Gasteiger partial charge in [0, 0.05) is 30.2 Å². The van der Waals surface area contributed by atoms with Crippen LogP contribution in [0.5, 0.6) is 5.88 Å². The minimum Gasteiger partial charge on any atom is -0.481 e. The number of ether oxygens (including phenoxy) is 2.